The molecule has 0 saturated heterocycles. The Hall–Kier alpha value is -1.51. The highest BCUT2D eigenvalue weighted by molar-refractivity contribution is 7.13. The molecular weight excluding hydrogens is 270 g/mol. The van der Waals surface area contributed by atoms with Gasteiger partial charge < -0.3 is 20.5 Å². The van der Waals surface area contributed by atoms with Crippen LogP contribution in [-0.2, 0) is 20.7 Å². The van der Waals surface area contributed by atoms with Gasteiger partial charge in [0.2, 0.25) is 5.91 Å². The average Bonchev–Trinajstić information content (AvgIpc) is 2.77. The molecule has 1 rings (SSSR count). The van der Waals surface area contributed by atoms with E-state index in [0.717, 1.165) is 0 Å². The van der Waals surface area contributed by atoms with Crippen molar-refractivity contribution >= 4 is 28.3 Å². The van der Waals surface area contributed by atoms with Crippen LogP contribution in [0.25, 0.3) is 0 Å². The second-order valence-electron chi connectivity index (χ2n) is 3.57. The number of aromatic nitrogens is 1. The number of carbonyl (C=O) groups is 2. The predicted molar refractivity (Wildman–Crippen MR) is 71.0 cm³/mol. The molecule has 0 aromatic carbocycles. The lowest BCUT2D eigenvalue weighted by molar-refractivity contribution is -0.142. The van der Waals surface area contributed by atoms with Crippen molar-refractivity contribution in [2.45, 2.75) is 13.3 Å². The van der Waals surface area contributed by atoms with E-state index in [1.54, 1.807) is 12.3 Å². The molecule has 1 aromatic heterocycles. The molecule has 0 bridgehead atoms. The van der Waals surface area contributed by atoms with Crippen molar-refractivity contribution in [1.82, 2.24) is 10.3 Å². The Kier molecular flexibility index (Phi) is 7.01. The molecule has 0 aliphatic carbocycles. The fraction of sp³-hybridized carbons (Fsp3) is 0.545. The first kappa shape index (κ1) is 15.5. The molecule has 0 fully saturated rings. The zero-order valence-electron chi connectivity index (χ0n) is 10.6. The van der Waals surface area contributed by atoms with Crippen LogP contribution in [0.1, 0.15) is 12.6 Å². The van der Waals surface area contributed by atoms with Crippen LogP contribution in [-0.4, -0.2) is 48.3 Å². The summed E-state index contributed by atoms with van der Waals surface area (Å²) in [5.74, 6) is -0.583. The number of esters is 1. The number of nitrogens with zero attached hydrogens (tertiary/aromatic N) is 1. The number of hydrogen-bond donors (Lipinski definition) is 3. The van der Waals surface area contributed by atoms with Gasteiger partial charge in [0.25, 0.3) is 0 Å². The second kappa shape index (κ2) is 8.57. The minimum Gasteiger partial charge on any atom is -0.466 e. The van der Waals surface area contributed by atoms with Crippen molar-refractivity contribution < 1.29 is 19.4 Å². The Balaban J connectivity index is 2.37. The topological polar surface area (TPSA) is 101 Å². The Morgan fingerprint density at radius 2 is 2.32 bits per heavy atom. The fourth-order valence-electron chi connectivity index (χ4n) is 1.25. The molecular formula is C11H17N3O4S. The molecule has 8 heteroatoms. The Morgan fingerprint density at radius 1 is 1.53 bits per heavy atom. The van der Waals surface area contributed by atoms with E-state index in [0.29, 0.717) is 24.0 Å². The van der Waals surface area contributed by atoms with Gasteiger partial charge >= 0.3 is 5.97 Å². The van der Waals surface area contributed by atoms with E-state index in [1.807, 2.05) is 0 Å². The van der Waals surface area contributed by atoms with E-state index in [-0.39, 0.29) is 31.4 Å². The quantitative estimate of drug-likeness (QED) is 0.451. The van der Waals surface area contributed by atoms with E-state index >= 15 is 0 Å². The molecule has 0 atom stereocenters. The van der Waals surface area contributed by atoms with Crippen molar-refractivity contribution in [3.63, 3.8) is 0 Å². The lowest BCUT2D eigenvalue weighted by atomic mass is 10.3. The summed E-state index contributed by atoms with van der Waals surface area (Å²) in [6.45, 7) is 2.52. The number of amides is 1. The van der Waals surface area contributed by atoms with Crippen molar-refractivity contribution in [2.24, 2.45) is 0 Å². The smallest absolute Gasteiger partial charge is 0.311 e. The van der Waals surface area contributed by atoms with Gasteiger partial charge in [-0.25, -0.2) is 4.98 Å². The summed E-state index contributed by atoms with van der Waals surface area (Å²) in [7, 11) is 0. The first-order valence-electron chi connectivity index (χ1n) is 5.87. The lowest BCUT2D eigenvalue weighted by Gasteiger charge is -2.02. The summed E-state index contributed by atoms with van der Waals surface area (Å²) in [6, 6.07) is 0. The highest BCUT2D eigenvalue weighted by Crippen LogP contribution is 2.15. The Morgan fingerprint density at radius 3 is 3.00 bits per heavy atom. The van der Waals surface area contributed by atoms with Gasteiger partial charge in [0.15, 0.2) is 5.13 Å². The minimum absolute atomic E-state index is 0.0196. The van der Waals surface area contributed by atoms with E-state index < -0.39 is 0 Å². The maximum absolute atomic E-state index is 11.4. The Bertz CT molecular complexity index is 422. The van der Waals surface area contributed by atoms with E-state index in [4.69, 9.17) is 9.84 Å². The first-order valence-corrected chi connectivity index (χ1v) is 6.75. The minimum atomic E-state index is -0.338. The molecule has 0 spiro atoms. The zero-order valence-corrected chi connectivity index (χ0v) is 11.5. The van der Waals surface area contributed by atoms with Gasteiger partial charge in [-0.2, -0.15) is 0 Å². The maximum Gasteiger partial charge on any atom is 0.311 e. The molecule has 1 aromatic rings. The van der Waals surface area contributed by atoms with Crippen LogP contribution in [0, 0.1) is 0 Å². The summed E-state index contributed by atoms with van der Waals surface area (Å²) in [6.07, 6.45) is 0.100. The highest BCUT2D eigenvalue weighted by atomic mass is 32.1. The van der Waals surface area contributed by atoms with Crippen LogP contribution in [0.15, 0.2) is 5.38 Å². The standard InChI is InChI=1S/C11H17N3O4S/c1-2-18-10(17)5-8-7-19-11(13-8)14-9(16)6-12-3-4-15/h7,12,15H,2-6H2,1H3,(H,13,14,16). The van der Waals surface area contributed by atoms with Crippen LogP contribution in [0.5, 0.6) is 0 Å². The third kappa shape index (κ3) is 6.27. The number of aliphatic hydroxyl groups is 1. The van der Waals surface area contributed by atoms with Crippen LogP contribution >= 0.6 is 11.3 Å². The lowest BCUT2D eigenvalue weighted by Crippen LogP contribution is -2.29. The normalized spacial score (nSPS) is 10.2. The summed E-state index contributed by atoms with van der Waals surface area (Å²) in [5, 5.41) is 16.0. The van der Waals surface area contributed by atoms with Crippen LogP contribution in [0.4, 0.5) is 5.13 Å². The van der Waals surface area contributed by atoms with Gasteiger partial charge in [0.1, 0.15) is 0 Å². The summed E-state index contributed by atoms with van der Waals surface area (Å²) >= 11 is 1.25. The van der Waals surface area contributed by atoms with Crippen LogP contribution in [0.3, 0.4) is 0 Å². The zero-order chi connectivity index (χ0) is 14.1. The Labute approximate surface area is 115 Å². The van der Waals surface area contributed by atoms with E-state index in [2.05, 4.69) is 15.6 Å². The number of thiazole rings is 1. The van der Waals surface area contributed by atoms with Crippen LogP contribution < -0.4 is 10.6 Å². The number of aliphatic hydroxyl groups excluding tert-OH is 1. The summed E-state index contributed by atoms with van der Waals surface area (Å²) < 4.78 is 4.81. The molecule has 3 N–H and O–H groups in total. The summed E-state index contributed by atoms with van der Waals surface area (Å²) in [5.41, 5.74) is 0.571. The monoisotopic (exact) mass is 287 g/mol. The van der Waals surface area contributed by atoms with E-state index in [9.17, 15) is 9.59 Å². The van der Waals surface area contributed by atoms with E-state index in [1.165, 1.54) is 11.3 Å². The first-order chi connectivity index (χ1) is 9.15. The number of nitrogens with one attached hydrogen (secondary N) is 2. The van der Waals surface area contributed by atoms with Crippen LogP contribution in [0.2, 0.25) is 0 Å². The highest BCUT2D eigenvalue weighted by Gasteiger charge is 2.10. The van der Waals surface area contributed by atoms with Gasteiger partial charge in [0, 0.05) is 11.9 Å². The van der Waals surface area contributed by atoms with Crippen molar-refractivity contribution in [1.29, 1.82) is 0 Å². The van der Waals surface area contributed by atoms with Gasteiger partial charge in [-0.3, -0.25) is 9.59 Å². The number of carbonyl (C=O) groups excluding carboxylic acids is 2. The molecule has 0 aliphatic rings. The SMILES string of the molecule is CCOC(=O)Cc1csc(NC(=O)CNCCO)n1. The van der Waals surface area contributed by atoms with Gasteiger partial charge in [-0.05, 0) is 6.92 Å². The maximum atomic E-state index is 11.4. The molecule has 19 heavy (non-hydrogen) atoms. The van der Waals surface area contributed by atoms with Gasteiger partial charge in [-0.15, -0.1) is 11.3 Å². The second-order valence-corrected chi connectivity index (χ2v) is 4.43. The third-order valence-corrected chi connectivity index (χ3v) is 2.81. The molecule has 106 valence electrons. The number of hydrogen-bond acceptors (Lipinski definition) is 7. The van der Waals surface area contributed by atoms with Gasteiger partial charge in [0.05, 0.1) is 31.9 Å². The van der Waals surface area contributed by atoms with Crippen molar-refractivity contribution in [3.8, 4) is 0 Å². The molecule has 0 saturated carbocycles. The number of ether oxygens (including phenoxy) is 1. The van der Waals surface area contributed by atoms with Crippen molar-refractivity contribution in [2.75, 3.05) is 31.6 Å². The molecule has 1 amide bonds. The molecule has 7 nitrogen and oxygen atoms in total. The predicted octanol–water partition coefficient (Wildman–Crippen LogP) is -0.231. The number of rotatable bonds is 8. The van der Waals surface area contributed by atoms with Gasteiger partial charge in [-0.1, -0.05) is 0 Å². The third-order valence-electron chi connectivity index (χ3n) is 2.00. The largest absolute Gasteiger partial charge is 0.466 e. The molecule has 0 radical (unpaired) electrons. The average molecular weight is 287 g/mol. The fourth-order valence-corrected chi connectivity index (χ4v) is 1.98. The van der Waals surface area contributed by atoms with Crippen molar-refractivity contribution in [3.05, 3.63) is 11.1 Å². The number of anilines is 1. The molecule has 0 unspecified atom stereocenters. The molecule has 1 heterocycles. The summed E-state index contributed by atoms with van der Waals surface area (Å²) in [4.78, 5) is 26.8. The molecule has 0 aliphatic heterocycles.